The molecular weight excluding hydrogens is 292 g/mol. The Morgan fingerprint density at radius 3 is 2.61 bits per heavy atom. The van der Waals surface area contributed by atoms with Crippen LogP contribution in [0.3, 0.4) is 0 Å². The van der Waals surface area contributed by atoms with Crippen molar-refractivity contribution in [3.8, 4) is 0 Å². The number of carbonyl (C=O) groups is 1. The second-order valence-corrected chi connectivity index (χ2v) is 5.92. The number of benzene rings is 1. The summed E-state index contributed by atoms with van der Waals surface area (Å²) in [6, 6.07) is 8.19. The number of likely N-dealkylation sites (N-methyl/N-ethyl adjacent to an activating group) is 1. The van der Waals surface area contributed by atoms with Crippen LogP contribution in [0.1, 0.15) is 18.9 Å². The summed E-state index contributed by atoms with van der Waals surface area (Å²) < 4.78 is 5.36. The lowest BCUT2D eigenvalue weighted by Gasteiger charge is -2.28. The molecule has 0 radical (unpaired) electrons. The van der Waals surface area contributed by atoms with Crippen LogP contribution in [0.25, 0.3) is 6.08 Å². The molecule has 1 N–H and O–H groups in total. The van der Waals surface area contributed by atoms with Crippen molar-refractivity contribution in [3.05, 3.63) is 35.9 Å². The number of amides is 1. The lowest BCUT2D eigenvalue weighted by Crippen LogP contribution is -2.36. The van der Waals surface area contributed by atoms with Gasteiger partial charge in [-0.15, -0.1) is 0 Å². The minimum atomic E-state index is -0.387. The van der Waals surface area contributed by atoms with Crippen molar-refractivity contribution in [1.82, 2.24) is 4.90 Å². The van der Waals surface area contributed by atoms with Crippen LogP contribution in [0.15, 0.2) is 30.3 Å². The molecule has 0 bridgehead atoms. The Labute approximate surface area is 138 Å². The fourth-order valence-electron chi connectivity index (χ4n) is 2.40. The van der Waals surface area contributed by atoms with Gasteiger partial charge in [0.1, 0.15) is 0 Å². The molecule has 1 heterocycles. The number of aliphatic hydroxyl groups is 1. The molecule has 0 aliphatic carbocycles. The van der Waals surface area contributed by atoms with Gasteiger partial charge in [0.25, 0.3) is 0 Å². The molecule has 1 unspecified atom stereocenters. The van der Waals surface area contributed by atoms with E-state index in [1.165, 1.54) is 5.69 Å². The van der Waals surface area contributed by atoms with E-state index in [4.69, 9.17) is 4.74 Å². The Hall–Kier alpha value is -1.85. The van der Waals surface area contributed by atoms with Gasteiger partial charge in [0.05, 0.1) is 19.3 Å². The van der Waals surface area contributed by atoms with E-state index >= 15 is 0 Å². The zero-order chi connectivity index (χ0) is 16.7. The number of aliphatic hydroxyl groups excluding tert-OH is 1. The van der Waals surface area contributed by atoms with E-state index in [-0.39, 0.29) is 12.0 Å². The van der Waals surface area contributed by atoms with E-state index in [1.54, 1.807) is 24.9 Å². The standard InChI is InChI=1S/C18H26N2O3/c1-15(21)9-10-19(2)18(22)8-5-16-3-6-17(7-4-16)20-11-13-23-14-12-20/h3-8,15,21H,9-14H2,1-2H3. The molecule has 0 saturated carbocycles. The molecule has 5 nitrogen and oxygen atoms in total. The molecule has 1 amide bonds. The minimum Gasteiger partial charge on any atom is -0.393 e. The number of anilines is 1. The summed E-state index contributed by atoms with van der Waals surface area (Å²) in [5, 5.41) is 9.26. The largest absolute Gasteiger partial charge is 0.393 e. The molecule has 2 rings (SSSR count). The maximum absolute atomic E-state index is 12.0. The normalized spacial score (nSPS) is 16.6. The van der Waals surface area contributed by atoms with Crippen LogP contribution >= 0.6 is 0 Å². The summed E-state index contributed by atoms with van der Waals surface area (Å²) in [5.74, 6) is -0.0529. The highest BCUT2D eigenvalue weighted by molar-refractivity contribution is 5.91. The maximum Gasteiger partial charge on any atom is 0.246 e. The van der Waals surface area contributed by atoms with Gasteiger partial charge in [-0.25, -0.2) is 0 Å². The first-order valence-electron chi connectivity index (χ1n) is 8.10. The molecule has 1 aromatic rings. The van der Waals surface area contributed by atoms with Crippen molar-refractivity contribution in [2.45, 2.75) is 19.4 Å². The van der Waals surface area contributed by atoms with Crippen molar-refractivity contribution >= 4 is 17.7 Å². The van der Waals surface area contributed by atoms with Crippen LogP contribution in [-0.2, 0) is 9.53 Å². The first kappa shape index (κ1) is 17.5. The number of nitrogens with zero attached hydrogens (tertiary/aromatic N) is 2. The molecular formula is C18H26N2O3. The average Bonchev–Trinajstić information content (AvgIpc) is 2.58. The Kier molecular flexibility index (Phi) is 6.62. The SMILES string of the molecule is CC(O)CCN(C)C(=O)C=Cc1ccc(N2CCOCC2)cc1. The third kappa shape index (κ3) is 5.69. The number of carbonyl (C=O) groups excluding carboxylic acids is 1. The third-order valence-corrected chi connectivity index (χ3v) is 3.95. The van der Waals surface area contributed by atoms with Crippen LogP contribution < -0.4 is 4.90 Å². The van der Waals surface area contributed by atoms with Gasteiger partial charge in [-0.1, -0.05) is 12.1 Å². The van der Waals surface area contributed by atoms with Gasteiger partial charge in [0, 0.05) is 38.4 Å². The molecule has 1 aliphatic rings. The molecule has 1 saturated heterocycles. The fraction of sp³-hybridized carbons (Fsp3) is 0.500. The van der Waals surface area contributed by atoms with E-state index < -0.39 is 0 Å². The highest BCUT2D eigenvalue weighted by Gasteiger charge is 2.10. The second-order valence-electron chi connectivity index (χ2n) is 5.92. The van der Waals surface area contributed by atoms with E-state index in [0.717, 1.165) is 31.9 Å². The van der Waals surface area contributed by atoms with E-state index in [9.17, 15) is 9.90 Å². The van der Waals surface area contributed by atoms with Crippen LogP contribution in [0.4, 0.5) is 5.69 Å². The number of rotatable bonds is 6. The van der Waals surface area contributed by atoms with Crippen LogP contribution in [-0.4, -0.2) is 61.9 Å². The third-order valence-electron chi connectivity index (χ3n) is 3.95. The lowest BCUT2D eigenvalue weighted by atomic mass is 10.1. The van der Waals surface area contributed by atoms with Crippen molar-refractivity contribution < 1.29 is 14.6 Å². The molecule has 1 aliphatic heterocycles. The zero-order valence-electron chi connectivity index (χ0n) is 13.9. The van der Waals surface area contributed by atoms with Crippen LogP contribution in [0.5, 0.6) is 0 Å². The Balaban J connectivity index is 1.88. The van der Waals surface area contributed by atoms with E-state index in [2.05, 4.69) is 17.0 Å². The van der Waals surface area contributed by atoms with Crippen LogP contribution in [0, 0.1) is 0 Å². The Morgan fingerprint density at radius 1 is 1.35 bits per heavy atom. The number of ether oxygens (including phenoxy) is 1. The summed E-state index contributed by atoms with van der Waals surface area (Å²) >= 11 is 0. The number of hydrogen-bond donors (Lipinski definition) is 1. The number of hydrogen-bond acceptors (Lipinski definition) is 4. The predicted molar refractivity (Wildman–Crippen MR) is 92.4 cm³/mol. The van der Waals surface area contributed by atoms with Crippen molar-refractivity contribution in [1.29, 1.82) is 0 Å². The first-order valence-corrected chi connectivity index (χ1v) is 8.10. The van der Waals surface area contributed by atoms with Gasteiger partial charge in [-0.2, -0.15) is 0 Å². The summed E-state index contributed by atoms with van der Waals surface area (Å²) in [4.78, 5) is 15.9. The summed E-state index contributed by atoms with van der Waals surface area (Å²) in [6.07, 6.45) is 3.60. The summed E-state index contributed by atoms with van der Waals surface area (Å²) in [6.45, 7) is 5.66. The Morgan fingerprint density at radius 2 is 2.00 bits per heavy atom. The monoisotopic (exact) mass is 318 g/mol. The van der Waals surface area contributed by atoms with Crippen molar-refractivity contribution in [3.63, 3.8) is 0 Å². The molecule has 1 fully saturated rings. The molecule has 23 heavy (non-hydrogen) atoms. The van der Waals surface area contributed by atoms with Crippen LogP contribution in [0.2, 0.25) is 0 Å². The van der Waals surface area contributed by atoms with Gasteiger partial charge < -0.3 is 19.6 Å². The molecule has 1 aromatic carbocycles. The molecule has 126 valence electrons. The molecule has 0 spiro atoms. The topological polar surface area (TPSA) is 53.0 Å². The first-order chi connectivity index (χ1) is 11.1. The molecule has 5 heteroatoms. The predicted octanol–water partition coefficient (Wildman–Crippen LogP) is 1.77. The summed E-state index contributed by atoms with van der Waals surface area (Å²) in [5.41, 5.74) is 2.19. The molecule has 1 atom stereocenters. The van der Waals surface area contributed by atoms with Gasteiger partial charge in [-0.3, -0.25) is 4.79 Å². The zero-order valence-corrected chi connectivity index (χ0v) is 13.9. The fourth-order valence-corrected chi connectivity index (χ4v) is 2.40. The van der Waals surface area contributed by atoms with E-state index in [1.807, 2.05) is 18.2 Å². The minimum absolute atomic E-state index is 0.0529. The van der Waals surface area contributed by atoms with Gasteiger partial charge in [-0.05, 0) is 37.1 Å². The van der Waals surface area contributed by atoms with E-state index in [0.29, 0.717) is 13.0 Å². The van der Waals surface area contributed by atoms with Gasteiger partial charge >= 0.3 is 0 Å². The van der Waals surface area contributed by atoms with Gasteiger partial charge in [0.15, 0.2) is 0 Å². The highest BCUT2D eigenvalue weighted by atomic mass is 16.5. The highest BCUT2D eigenvalue weighted by Crippen LogP contribution is 2.17. The maximum atomic E-state index is 12.0. The van der Waals surface area contributed by atoms with Crippen molar-refractivity contribution in [2.75, 3.05) is 44.8 Å². The average molecular weight is 318 g/mol. The summed E-state index contributed by atoms with van der Waals surface area (Å²) in [7, 11) is 1.75. The Bertz CT molecular complexity index is 520. The molecule has 0 aromatic heterocycles. The second kappa shape index (κ2) is 8.70. The quantitative estimate of drug-likeness (QED) is 0.812. The lowest BCUT2D eigenvalue weighted by molar-refractivity contribution is -0.124. The number of morpholine rings is 1. The van der Waals surface area contributed by atoms with Crippen molar-refractivity contribution in [2.24, 2.45) is 0 Å². The smallest absolute Gasteiger partial charge is 0.246 e. The van der Waals surface area contributed by atoms with Gasteiger partial charge in [0.2, 0.25) is 5.91 Å².